The predicted octanol–water partition coefficient (Wildman–Crippen LogP) is 2.53. The van der Waals surface area contributed by atoms with Crippen molar-refractivity contribution in [2.24, 2.45) is 0 Å². The fraction of sp³-hybridized carbons (Fsp3) is 0.500. The van der Waals surface area contributed by atoms with Crippen molar-refractivity contribution in [2.45, 2.75) is 32.6 Å². The molecule has 0 bridgehead atoms. The molecule has 0 aromatic carbocycles. The number of hydrogen-bond donors (Lipinski definition) is 1. The standard InChI is InChI=1S/C12H17FN2O/c1-2-3-4-5-8-14-12(16)10-6-7-11(13)15-9-10/h6-7,9H,2-5,8H2,1H3,(H,14,16). The monoisotopic (exact) mass is 224 g/mol. The average Bonchev–Trinajstić information content (AvgIpc) is 2.29. The summed E-state index contributed by atoms with van der Waals surface area (Å²) in [6.45, 7) is 2.80. The number of halogens is 1. The molecule has 4 heteroatoms. The zero-order valence-electron chi connectivity index (χ0n) is 9.50. The number of carbonyl (C=O) groups excluding carboxylic acids is 1. The van der Waals surface area contributed by atoms with Crippen molar-refractivity contribution < 1.29 is 9.18 Å². The number of nitrogens with one attached hydrogen (secondary N) is 1. The van der Waals surface area contributed by atoms with E-state index in [1.165, 1.54) is 31.2 Å². The minimum atomic E-state index is -0.570. The molecule has 1 aromatic heterocycles. The lowest BCUT2D eigenvalue weighted by atomic mass is 10.2. The van der Waals surface area contributed by atoms with Crippen molar-refractivity contribution in [3.63, 3.8) is 0 Å². The Hall–Kier alpha value is -1.45. The molecule has 0 aliphatic heterocycles. The van der Waals surface area contributed by atoms with E-state index in [1.807, 2.05) is 0 Å². The van der Waals surface area contributed by atoms with Gasteiger partial charge in [-0.05, 0) is 18.6 Å². The van der Waals surface area contributed by atoms with Crippen LogP contribution >= 0.6 is 0 Å². The summed E-state index contributed by atoms with van der Waals surface area (Å²) in [6.07, 6.45) is 5.72. The van der Waals surface area contributed by atoms with Gasteiger partial charge in [0.05, 0.1) is 5.56 Å². The van der Waals surface area contributed by atoms with Gasteiger partial charge in [-0.1, -0.05) is 26.2 Å². The fourth-order valence-corrected chi connectivity index (χ4v) is 1.37. The third-order valence-electron chi connectivity index (χ3n) is 2.31. The summed E-state index contributed by atoms with van der Waals surface area (Å²) in [4.78, 5) is 14.9. The van der Waals surface area contributed by atoms with Crippen molar-refractivity contribution in [3.8, 4) is 0 Å². The highest BCUT2D eigenvalue weighted by molar-refractivity contribution is 5.93. The minimum Gasteiger partial charge on any atom is -0.352 e. The van der Waals surface area contributed by atoms with E-state index < -0.39 is 5.95 Å². The van der Waals surface area contributed by atoms with E-state index in [4.69, 9.17) is 0 Å². The van der Waals surface area contributed by atoms with Crippen LogP contribution in [-0.2, 0) is 0 Å². The first-order valence-corrected chi connectivity index (χ1v) is 5.63. The Kier molecular flexibility index (Phi) is 5.46. The van der Waals surface area contributed by atoms with Crippen LogP contribution in [-0.4, -0.2) is 17.4 Å². The van der Waals surface area contributed by atoms with Crippen LogP contribution in [0.2, 0.25) is 0 Å². The molecule has 0 spiro atoms. The van der Waals surface area contributed by atoms with Gasteiger partial charge < -0.3 is 5.32 Å². The lowest BCUT2D eigenvalue weighted by Crippen LogP contribution is -2.24. The Bertz CT molecular complexity index is 324. The van der Waals surface area contributed by atoms with Gasteiger partial charge in [-0.15, -0.1) is 0 Å². The van der Waals surface area contributed by atoms with Crippen molar-refractivity contribution >= 4 is 5.91 Å². The Morgan fingerprint density at radius 2 is 2.19 bits per heavy atom. The molecule has 3 nitrogen and oxygen atoms in total. The van der Waals surface area contributed by atoms with E-state index >= 15 is 0 Å². The van der Waals surface area contributed by atoms with Gasteiger partial charge in [0.2, 0.25) is 5.95 Å². The largest absolute Gasteiger partial charge is 0.352 e. The molecule has 1 amide bonds. The summed E-state index contributed by atoms with van der Waals surface area (Å²) in [7, 11) is 0. The number of rotatable bonds is 6. The zero-order chi connectivity index (χ0) is 11.8. The molecule has 1 heterocycles. The smallest absolute Gasteiger partial charge is 0.252 e. The number of aromatic nitrogens is 1. The first kappa shape index (κ1) is 12.6. The molecule has 1 rings (SSSR count). The molecular formula is C12H17FN2O. The Balaban J connectivity index is 2.27. The highest BCUT2D eigenvalue weighted by Crippen LogP contribution is 2.00. The van der Waals surface area contributed by atoms with E-state index in [0.717, 1.165) is 12.8 Å². The van der Waals surface area contributed by atoms with Crippen LogP contribution in [0, 0.1) is 5.95 Å². The summed E-state index contributed by atoms with van der Waals surface area (Å²) in [6, 6.07) is 2.62. The summed E-state index contributed by atoms with van der Waals surface area (Å²) in [5, 5.41) is 2.78. The van der Waals surface area contributed by atoms with Gasteiger partial charge in [-0.3, -0.25) is 4.79 Å². The molecule has 0 saturated heterocycles. The summed E-state index contributed by atoms with van der Waals surface area (Å²) in [5.74, 6) is -0.761. The summed E-state index contributed by atoms with van der Waals surface area (Å²) in [5.41, 5.74) is 0.400. The molecule has 0 aliphatic rings. The van der Waals surface area contributed by atoms with Gasteiger partial charge in [0, 0.05) is 12.7 Å². The third kappa shape index (κ3) is 4.38. The van der Waals surface area contributed by atoms with Crippen LogP contribution in [0.5, 0.6) is 0 Å². The second-order valence-electron chi connectivity index (χ2n) is 3.69. The summed E-state index contributed by atoms with van der Waals surface area (Å²) < 4.78 is 12.5. The van der Waals surface area contributed by atoms with Gasteiger partial charge >= 0.3 is 0 Å². The lowest BCUT2D eigenvalue weighted by molar-refractivity contribution is 0.0952. The van der Waals surface area contributed by atoms with Crippen LogP contribution in [0.1, 0.15) is 43.0 Å². The number of unbranched alkanes of at least 4 members (excludes halogenated alkanes) is 3. The van der Waals surface area contributed by atoms with Crippen molar-refractivity contribution in [1.29, 1.82) is 0 Å². The molecule has 88 valence electrons. The van der Waals surface area contributed by atoms with E-state index in [2.05, 4.69) is 17.2 Å². The molecule has 16 heavy (non-hydrogen) atoms. The number of amides is 1. The maximum absolute atomic E-state index is 12.5. The van der Waals surface area contributed by atoms with E-state index in [1.54, 1.807) is 0 Å². The maximum atomic E-state index is 12.5. The second-order valence-corrected chi connectivity index (χ2v) is 3.69. The first-order valence-electron chi connectivity index (χ1n) is 5.63. The van der Waals surface area contributed by atoms with Gasteiger partial charge in [-0.2, -0.15) is 4.39 Å². The molecule has 0 aliphatic carbocycles. The minimum absolute atomic E-state index is 0.191. The molecule has 0 unspecified atom stereocenters. The normalized spacial score (nSPS) is 10.1. The topological polar surface area (TPSA) is 42.0 Å². The van der Waals surface area contributed by atoms with E-state index in [0.29, 0.717) is 12.1 Å². The maximum Gasteiger partial charge on any atom is 0.252 e. The third-order valence-corrected chi connectivity index (χ3v) is 2.31. The molecular weight excluding hydrogens is 207 g/mol. The number of hydrogen-bond acceptors (Lipinski definition) is 2. The number of carbonyl (C=O) groups is 1. The van der Waals surface area contributed by atoms with Crippen LogP contribution in [0.4, 0.5) is 4.39 Å². The quantitative estimate of drug-likeness (QED) is 0.596. The summed E-state index contributed by atoms with van der Waals surface area (Å²) >= 11 is 0. The van der Waals surface area contributed by atoms with Crippen molar-refractivity contribution in [2.75, 3.05) is 6.54 Å². The average molecular weight is 224 g/mol. The predicted molar refractivity (Wildman–Crippen MR) is 60.7 cm³/mol. The van der Waals surface area contributed by atoms with Crippen LogP contribution < -0.4 is 5.32 Å². The highest BCUT2D eigenvalue weighted by atomic mass is 19.1. The second kappa shape index (κ2) is 6.93. The Morgan fingerprint density at radius 3 is 2.81 bits per heavy atom. The van der Waals surface area contributed by atoms with Crippen LogP contribution in [0.15, 0.2) is 18.3 Å². The number of pyridine rings is 1. The molecule has 0 saturated carbocycles. The molecule has 0 fully saturated rings. The molecule has 0 radical (unpaired) electrons. The highest BCUT2D eigenvalue weighted by Gasteiger charge is 2.04. The Labute approximate surface area is 95.1 Å². The van der Waals surface area contributed by atoms with Gasteiger partial charge in [0.1, 0.15) is 0 Å². The van der Waals surface area contributed by atoms with Gasteiger partial charge in [0.25, 0.3) is 5.91 Å². The SMILES string of the molecule is CCCCCCNC(=O)c1ccc(F)nc1. The van der Waals surface area contributed by atoms with Crippen LogP contribution in [0.25, 0.3) is 0 Å². The number of nitrogens with zero attached hydrogens (tertiary/aromatic N) is 1. The van der Waals surface area contributed by atoms with Gasteiger partial charge in [-0.25, -0.2) is 4.98 Å². The van der Waals surface area contributed by atoms with Gasteiger partial charge in [0.15, 0.2) is 0 Å². The van der Waals surface area contributed by atoms with E-state index in [9.17, 15) is 9.18 Å². The first-order chi connectivity index (χ1) is 7.74. The lowest BCUT2D eigenvalue weighted by Gasteiger charge is -2.04. The molecule has 1 N–H and O–H groups in total. The molecule has 1 aromatic rings. The van der Waals surface area contributed by atoms with Crippen molar-refractivity contribution in [1.82, 2.24) is 10.3 Å². The van der Waals surface area contributed by atoms with Crippen LogP contribution in [0.3, 0.4) is 0 Å². The molecule has 0 atom stereocenters. The fourth-order valence-electron chi connectivity index (χ4n) is 1.37. The van der Waals surface area contributed by atoms with E-state index in [-0.39, 0.29) is 5.91 Å². The zero-order valence-corrected chi connectivity index (χ0v) is 9.50. The van der Waals surface area contributed by atoms with Crippen molar-refractivity contribution in [3.05, 3.63) is 29.8 Å². The Morgan fingerprint density at radius 1 is 1.38 bits per heavy atom.